The minimum absolute atomic E-state index is 0.101. The first-order valence-corrected chi connectivity index (χ1v) is 10.6. The lowest BCUT2D eigenvalue weighted by Crippen LogP contribution is -2.36. The molecule has 0 aliphatic carbocycles. The van der Waals surface area contributed by atoms with Gasteiger partial charge in [0.15, 0.2) is 6.61 Å². The zero-order valence-electron chi connectivity index (χ0n) is 17.8. The van der Waals surface area contributed by atoms with E-state index in [1.165, 1.54) is 18.2 Å². The number of aryl methyl sites for hydroxylation is 1. The van der Waals surface area contributed by atoms with Gasteiger partial charge in [0.05, 0.1) is 29.3 Å². The normalized spacial score (nSPS) is 17.4. The van der Waals surface area contributed by atoms with Crippen molar-refractivity contribution < 1.29 is 28.7 Å². The molecule has 8 heteroatoms. The molecule has 3 amide bonds. The lowest BCUT2D eigenvalue weighted by molar-refractivity contribution is -0.119. The monoisotopic (exact) mass is 436 g/mol. The van der Waals surface area contributed by atoms with Crippen LogP contribution in [-0.4, -0.2) is 54.5 Å². The third-order valence-corrected chi connectivity index (χ3v) is 5.60. The molecular formula is C24H24N2O6. The molecule has 1 atom stereocenters. The maximum atomic E-state index is 12.7. The number of nitrogens with zero attached hydrogens (tertiary/aromatic N) is 1. The van der Waals surface area contributed by atoms with E-state index < -0.39 is 30.3 Å². The van der Waals surface area contributed by atoms with Gasteiger partial charge in [-0.05, 0) is 55.2 Å². The van der Waals surface area contributed by atoms with Crippen molar-refractivity contribution in [2.75, 3.05) is 25.1 Å². The molecular weight excluding hydrogens is 412 g/mol. The fourth-order valence-electron chi connectivity index (χ4n) is 3.81. The molecule has 0 unspecified atom stereocenters. The molecule has 8 nitrogen and oxygen atoms in total. The zero-order valence-corrected chi connectivity index (χ0v) is 17.8. The van der Waals surface area contributed by atoms with Crippen molar-refractivity contribution in [1.82, 2.24) is 4.90 Å². The first-order chi connectivity index (χ1) is 15.5. The summed E-state index contributed by atoms with van der Waals surface area (Å²) in [6.45, 7) is 2.40. The van der Waals surface area contributed by atoms with Crippen molar-refractivity contribution in [3.05, 3.63) is 64.7 Å². The van der Waals surface area contributed by atoms with Crippen LogP contribution in [0.25, 0.3) is 0 Å². The summed E-state index contributed by atoms with van der Waals surface area (Å²) < 4.78 is 10.6. The SMILES string of the molecule is CCc1ccc(NC(=O)COC(=O)c2ccc3c(c2)C(=O)N(C[C@@H]2CCCO2)C3=O)cc1. The minimum Gasteiger partial charge on any atom is -0.452 e. The highest BCUT2D eigenvalue weighted by atomic mass is 16.5. The zero-order chi connectivity index (χ0) is 22.7. The van der Waals surface area contributed by atoms with Crippen LogP contribution in [-0.2, 0) is 20.7 Å². The number of benzene rings is 2. The summed E-state index contributed by atoms with van der Waals surface area (Å²) in [6.07, 6.45) is 2.45. The van der Waals surface area contributed by atoms with Crippen LogP contribution in [0, 0.1) is 0 Å². The standard InChI is InChI=1S/C24H24N2O6/c1-2-15-5-8-17(9-6-15)25-21(27)14-32-24(30)16-7-10-19-20(12-16)23(29)26(22(19)28)13-18-4-3-11-31-18/h5-10,12,18H,2-4,11,13-14H2,1H3,(H,25,27)/t18-/m0/s1. The number of nitrogens with one attached hydrogen (secondary N) is 1. The van der Waals surface area contributed by atoms with Gasteiger partial charge >= 0.3 is 5.97 Å². The number of imide groups is 1. The van der Waals surface area contributed by atoms with Gasteiger partial charge in [-0.25, -0.2) is 4.79 Å². The Morgan fingerprint density at radius 3 is 2.53 bits per heavy atom. The van der Waals surface area contributed by atoms with E-state index in [-0.39, 0.29) is 29.3 Å². The highest BCUT2D eigenvalue weighted by molar-refractivity contribution is 6.22. The second kappa shape index (κ2) is 9.32. The van der Waals surface area contributed by atoms with Crippen molar-refractivity contribution >= 4 is 29.4 Å². The van der Waals surface area contributed by atoms with Crippen LogP contribution in [0.4, 0.5) is 5.69 Å². The maximum Gasteiger partial charge on any atom is 0.338 e. The number of fused-ring (bicyclic) bond motifs is 1. The van der Waals surface area contributed by atoms with Gasteiger partial charge in [-0.1, -0.05) is 19.1 Å². The van der Waals surface area contributed by atoms with Crippen LogP contribution < -0.4 is 5.32 Å². The number of esters is 1. The van der Waals surface area contributed by atoms with Crippen molar-refractivity contribution in [3.8, 4) is 0 Å². The Labute approximate surface area is 185 Å². The third-order valence-electron chi connectivity index (χ3n) is 5.60. The van der Waals surface area contributed by atoms with Crippen molar-refractivity contribution in [2.24, 2.45) is 0 Å². The van der Waals surface area contributed by atoms with E-state index in [4.69, 9.17) is 9.47 Å². The molecule has 2 aromatic carbocycles. The quantitative estimate of drug-likeness (QED) is 0.529. The summed E-state index contributed by atoms with van der Waals surface area (Å²) >= 11 is 0. The summed E-state index contributed by atoms with van der Waals surface area (Å²) in [5.41, 5.74) is 2.26. The van der Waals surface area contributed by atoms with E-state index in [1.807, 2.05) is 19.1 Å². The molecule has 0 radical (unpaired) electrons. The Bertz CT molecular complexity index is 1060. The number of ether oxygens (including phenoxy) is 2. The van der Waals surface area contributed by atoms with Gasteiger partial charge in [0, 0.05) is 12.3 Å². The lowest BCUT2D eigenvalue weighted by atomic mass is 10.1. The largest absolute Gasteiger partial charge is 0.452 e. The van der Waals surface area contributed by atoms with Gasteiger partial charge in [0.25, 0.3) is 17.7 Å². The summed E-state index contributed by atoms with van der Waals surface area (Å²) in [7, 11) is 0. The molecule has 0 saturated carbocycles. The summed E-state index contributed by atoms with van der Waals surface area (Å²) in [5, 5.41) is 2.66. The van der Waals surface area contributed by atoms with E-state index >= 15 is 0 Å². The molecule has 1 saturated heterocycles. The van der Waals surface area contributed by atoms with Crippen LogP contribution in [0.2, 0.25) is 0 Å². The van der Waals surface area contributed by atoms with Crippen LogP contribution in [0.15, 0.2) is 42.5 Å². The number of rotatable bonds is 7. The van der Waals surface area contributed by atoms with E-state index in [2.05, 4.69) is 5.32 Å². The minimum atomic E-state index is -0.748. The summed E-state index contributed by atoms with van der Waals surface area (Å²) in [6, 6.07) is 11.6. The molecule has 2 aliphatic rings. The van der Waals surface area contributed by atoms with Gasteiger partial charge in [-0.2, -0.15) is 0 Å². The molecule has 2 aliphatic heterocycles. The van der Waals surface area contributed by atoms with Crippen LogP contribution in [0.5, 0.6) is 0 Å². The topological polar surface area (TPSA) is 102 Å². The first kappa shape index (κ1) is 21.7. The van der Waals surface area contributed by atoms with Crippen molar-refractivity contribution in [2.45, 2.75) is 32.3 Å². The second-order valence-corrected chi connectivity index (χ2v) is 7.79. The number of anilines is 1. The van der Waals surface area contributed by atoms with Crippen LogP contribution in [0.1, 0.15) is 56.4 Å². The number of hydrogen-bond acceptors (Lipinski definition) is 6. The molecule has 1 N–H and O–H groups in total. The van der Waals surface area contributed by atoms with Gasteiger partial charge < -0.3 is 14.8 Å². The van der Waals surface area contributed by atoms with Crippen LogP contribution in [0.3, 0.4) is 0 Å². The molecule has 2 aromatic rings. The van der Waals surface area contributed by atoms with E-state index in [0.717, 1.165) is 29.7 Å². The molecule has 1 fully saturated rings. The second-order valence-electron chi connectivity index (χ2n) is 7.79. The predicted octanol–water partition coefficient (Wildman–Crippen LogP) is 2.82. The predicted molar refractivity (Wildman–Crippen MR) is 116 cm³/mol. The first-order valence-electron chi connectivity index (χ1n) is 10.6. The molecule has 0 aromatic heterocycles. The smallest absolute Gasteiger partial charge is 0.338 e. The number of amides is 3. The molecule has 0 bridgehead atoms. The Kier molecular flexibility index (Phi) is 6.32. The number of carbonyl (C=O) groups is 4. The van der Waals surface area contributed by atoms with Crippen LogP contribution >= 0.6 is 0 Å². The van der Waals surface area contributed by atoms with Gasteiger partial charge in [0.1, 0.15) is 0 Å². The van der Waals surface area contributed by atoms with E-state index in [0.29, 0.717) is 12.3 Å². The fraction of sp³-hybridized carbons (Fsp3) is 0.333. The molecule has 4 rings (SSSR count). The van der Waals surface area contributed by atoms with Crippen molar-refractivity contribution in [1.29, 1.82) is 0 Å². The van der Waals surface area contributed by atoms with Crippen molar-refractivity contribution in [3.63, 3.8) is 0 Å². The number of hydrogen-bond donors (Lipinski definition) is 1. The maximum absolute atomic E-state index is 12.7. The Morgan fingerprint density at radius 1 is 1.09 bits per heavy atom. The Morgan fingerprint density at radius 2 is 1.84 bits per heavy atom. The van der Waals surface area contributed by atoms with E-state index in [9.17, 15) is 19.2 Å². The Hall–Kier alpha value is -3.52. The van der Waals surface area contributed by atoms with Gasteiger partial charge in [-0.3, -0.25) is 19.3 Å². The molecule has 2 heterocycles. The number of carbonyl (C=O) groups excluding carboxylic acids is 4. The average Bonchev–Trinajstić information content (AvgIpc) is 3.41. The molecule has 166 valence electrons. The van der Waals surface area contributed by atoms with Gasteiger partial charge in [-0.15, -0.1) is 0 Å². The highest BCUT2D eigenvalue weighted by Gasteiger charge is 2.38. The molecule has 32 heavy (non-hydrogen) atoms. The van der Waals surface area contributed by atoms with E-state index in [1.54, 1.807) is 12.1 Å². The Balaban J connectivity index is 1.36. The fourth-order valence-corrected chi connectivity index (χ4v) is 3.81. The average molecular weight is 436 g/mol. The lowest BCUT2D eigenvalue weighted by Gasteiger charge is -2.17. The summed E-state index contributed by atoms with van der Waals surface area (Å²) in [5.74, 6) is -2.07. The highest BCUT2D eigenvalue weighted by Crippen LogP contribution is 2.26. The molecule has 0 spiro atoms. The summed E-state index contributed by atoms with van der Waals surface area (Å²) in [4.78, 5) is 51.0. The third kappa shape index (κ3) is 4.55. The van der Waals surface area contributed by atoms with Gasteiger partial charge in [0.2, 0.25) is 0 Å².